The van der Waals surface area contributed by atoms with Crippen molar-refractivity contribution in [2.24, 2.45) is 0 Å². The lowest BCUT2D eigenvalue weighted by Gasteiger charge is -2.19. The van der Waals surface area contributed by atoms with Gasteiger partial charge in [0.1, 0.15) is 11.4 Å². The SMILES string of the molecule is CCOC(Cc1ccccc1OCCc1ccc(NC(=O)OC(C)(C)C)cc1)C(=O)O. The quantitative estimate of drug-likeness (QED) is 0.569. The van der Waals surface area contributed by atoms with E-state index in [9.17, 15) is 14.7 Å². The van der Waals surface area contributed by atoms with Crippen molar-refractivity contribution in [2.75, 3.05) is 18.5 Å². The number of rotatable bonds is 10. The third kappa shape index (κ3) is 8.68. The molecule has 1 atom stereocenters. The molecule has 0 saturated heterocycles. The highest BCUT2D eigenvalue weighted by molar-refractivity contribution is 5.84. The topological polar surface area (TPSA) is 94.1 Å². The number of carboxylic acids is 1. The molecule has 0 bridgehead atoms. The van der Waals surface area contributed by atoms with Crippen molar-refractivity contribution in [1.29, 1.82) is 0 Å². The van der Waals surface area contributed by atoms with Crippen LogP contribution in [0.5, 0.6) is 5.75 Å². The molecule has 31 heavy (non-hydrogen) atoms. The summed E-state index contributed by atoms with van der Waals surface area (Å²) in [5.74, 6) is -0.339. The predicted molar refractivity (Wildman–Crippen MR) is 119 cm³/mol. The zero-order valence-electron chi connectivity index (χ0n) is 18.5. The van der Waals surface area contributed by atoms with Gasteiger partial charge in [-0.1, -0.05) is 30.3 Å². The number of anilines is 1. The Balaban J connectivity index is 1.89. The molecule has 0 aromatic heterocycles. The molecule has 7 nitrogen and oxygen atoms in total. The first-order valence-corrected chi connectivity index (χ1v) is 10.3. The fourth-order valence-electron chi connectivity index (χ4n) is 2.89. The number of hydrogen-bond donors (Lipinski definition) is 2. The van der Waals surface area contributed by atoms with Gasteiger partial charge in [-0.2, -0.15) is 0 Å². The number of benzene rings is 2. The number of para-hydroxylation sites is 1. The van der Waals surface area contributed by atoms with Crippen LogP contribution >= 0.6 is 0 Å². The van der Waals surface area contributed by atoms with Crippen LogP contribution in [0.3, 0.4) is 0 Å². The van der Waals surface area contributed by atoms with E-state index in [1.807, 2.05) is 69.3 Å². The summed E-state index contributed by atoms with van der Waals surface area (Å²) in [7, 11) is 0. The molecule has 0 aliphatic carbocycles. The van der Waals surface area contributed by atoms with Crippen molar-refractivity contribution in [2.45, 2.75) is 52.2 Å². The highest BCUT2D eigenvalue weighted by atomic mass is 16.6. The van der Waals surface area contributed by atoms with Gasteiger partial charge in [0.2, 0.25) is 0 Å². The van der Waals surface area contributed by atoms with Crippen LogP contribution in [0.2, 0.25) is 0 Å². The summed E-state index contributed by atoms with van der Waals surface area (Å²) in [5.41, 5.74) is 1.94. The van der Waals surface area contributed by atoms with Crippen LogP contribution in [0.1, 0.15) is 38.8 Å². The van der Waals surface area contributed by atoms with Gasteiger partial charge in [-0.25, -0.2) is 9.59 Å². The molecule has 7 heteroatoms. The fraction of sp³-hybridized carbons (Fsp3) is 0.417. The Morgan fingerprint density at radius 3 is 2.35 bits per heavy atom. The van der Waals surface area contributed by atoms with Crippen molar-refractivity contribution >= 4 is 17.7 Å². The number of hydrogen-bond acceptors (Lipinski definition) is 5. The van der Waals surface area contributed by atoms with E-state index in [1.54, 1.807) is 6.92 Å². The van der Waals surface area contributed by atoms with E-state index in [2.05, 4.69) is 5.32 Å². The number of aliphatic carboxylic acids is 1. The summed E-state index contributed by atoms with van der Waals surface area (Å²) in [4.78, 5) is 23.2. The standard InChI is InChI=1S/C24H31NO6/c1-5-29-21(22(26)27)16-18-8-6-7-9-20(18)30-15-14-17-10-12-19(13-11-17)25-23(28)31-24(2,3)4/h6-13,21H,5,14-16H2,1-4H3,(H,25,28)(H,26,27). The second kappa shape index (κ2) is 11.4. The Kier molecular flexibility index (Phi) is 8.88. The lowest BCUT2D eigenvalue weighted by Crippen LogP contribution is -2.27. The smallest absolute Gasteiger partial charge is 0.412 e. The molecule has 0 aliphatic rings. The highest BCUT2D eigenvalue weighted by Gasteiger charge is 2.20. The van der Waals surface area contributed by atoms with Gasteiger partial charge in [-0.05, 0) is 57.0 Å². The van der Waals surface area contributed by atoms with E-state index >= 15 is 0 Å². The minimum Gasteiger partial charge on any atom is -0.493 e. The zero-order valence-corrected chi connectivity index (χ0v) is 18.5. The summed E-state index contributed by atoms with van der Waals surface area (Å²) in [6, 6.07) is 14.8. The van der Waals surface area contributed by atoms with Crippen LogP contribution in [0.25, 0.3) is 0 Å². The number of ether oxygens (including phenoxy) is 3. The minimum atomic E-state index is -0.989. The van der Waals surface area contributed by atoms with E-state index in [-0.39, 0.29) is 6.42 Å². The third-order valence-corrected chi connectivity index (χ3v) is 4.27. The first kappa shape index (κ1) is 24.2. The molecular weight excluding hydrogens is 398 g/mol. The van der Waals surface area contributed by atoms with Crippen LogP contribution in [-0.2, 0) is 27.1 Å². The number of amides is 1. The highest BCUT2D eigenvalue weighted by Crippen LogP contribution is 2.21. The Morgan fingerprint density at radius 2 is 1.74 bits per heavy atom. The van der Waals surface area contributed by atoms with Gasteiger partial charge in [-0.3, -0.25) is 5.32 Å². The zero-order chi connectivity index (χ0) is 22.9. The van der Waals surface area contributed by atoms with E-state index in [4.69, 9.17) is 14.2 Å². The molecule has 2 aromatic carbocycles. The average molecular weight is 430 g/mol. The van der Waals surface area contributed by atoms with Crippen LogP contribution in [0.4, 0.5) is 10.5 Å². The Bertz CT molecular complexity index is 857. The Labute approximate surface area is 183 Å². The van der Waals surface area contributed by atoms with Gasteiger partial charge in [0.25, 0.3) is 0 Å². The van der Waals surface area contributed by atoms with E-state index in [1.165, 1.54) is 0 Å². The molecule has 1 unspecified atom stereocenters. The summed E-state index contributed by atoms with van der Waals surface area (Å²) >= 11 is 0. The van der Waals surface area contributed by atoms with Gasteiger partial charge in [0.15, 0.2) is 6.10 Å². The maximum Gasteiger partial charge on any atom is 0.412 e. The van der Waals surface area contributed by atoms with Gasteiger partial charge < -0.3 is 19.3 Å². The maximum absolute atomic E-state index is 11.8. The molecule has 2 aromatic rings. The second-order valence-corrected chi connectivity index (χ2v) is 8.02. The molecule has 0 radical (unpaired) electrons. The molecular formula is C24H31NO6. The first-order chi connectivity index (χ1) is 14.7. The number of carbonyl (C=O) groups is 2. The number of nitrogens with one attached hydrogen (secondary N) is 1. The van der Waals surface area contributed by atoms with E-state index in [0.29, 0.717) is 31.1 Å². The molecule has 0 aliphatic heterocycles. The second-order valence-electron chi connectivity index (χ2n) is 8.02. The van der Waals surface area contributed by atoms with Crippen LogP contribution in [0.15, 0.2) is 48.5 Å². The van der Waals surface area contributed by atoms with Crippen LogP contribution < -0.4 is 10.1 Å². The number of carbonyl (C=O) groups excluding carboxylic acids is 1. The van der Waals surface area contributed by atoms with Gasteiger partial charge >= 0.3 is 12.1 Å². The van der Waals surface area contributed by atoms with E-state index < -0.39 is 23.8 Å². The predicted octanol–water partition coefficient (Wildman–Crippen LogP) is 4.69. The van der Waals surface area contributed by atoms with Gasteiger partial charge in [-0.15, -0.1) is 0 Å². The lowest BCUT2D eigenvalue weighted by molar-refractivity contribution is -0.149. The minimum absolute atomic E-state index is 0.240. The van der Waals surface area contributed by atoms with Crippen LogP contribution in [-0.4, -0.2) is 42.1 Å². The average Bonchev–Trinajstić information content (AvgIpc) is 2.68. The van der Waals surface area contributed by atoms with Crippen LogP contribution in [0, 0.1) is 0 Å². The van der Waals surface area contributed by atoms with Crippen molar-refractivity contribution in [3.05, 3.63) is 59.7 Å². The lowest BCUT2D eigenvalue weighted by atomic mass is 10.1. The van der Waals surface area contributed by atoms with Crippen molar-refractivity contribution in [3.63, 3.8) is 0 Å². The van der Waals surface area contributed by atoms with E-state index in [0.717, 1.165) is 11.1 Å². The molecule has 0 spiro atoms. The fourth-order valence-corrected chi connectivity index (χ4v) is 2.89. The summed E-state index contributed by atoms with van der Waals surface area (Å²) in [5, 5.41) is 12.0. The Hall–Kier alpha value is -3.06. The third-order valence-electron chi connectivity index (χ3n) is 4.27. The largest absolute Gasteiger partial charge is 0.493 e. The van der Waals surface area contributed by atoms with Crippen molar-refractivity contribution in [3.8, 4) is 5.75 Å². The molecule has 0 saturated carbocycles. The molecule has 0 heterocycles. The maximum atomic E-state index is 11.8. The van der Waals surface area contributed by atoms with Crippen molar-refractivity contribution in [1.82, 2.24) is 0 Å². The molecule has 2 N–H and O–H groups in total. The summed E-state index contributed by atoms with van der Waals surface area (Å²) in [6.07, 6.45) is -0.495. The normalized spacial score (nSPS) is 12.1. The van der Waals surface area contributed by atoms with Gasteiger partial charge in [0, 0.05) is 25.1 Å². The summed E-state index contributed by atoms with van der Waals surface area (Å²) in [6.45, 7) is 7.97. The Morgan fingerprint density at radius 1 is 1.06 bits per heavy atom. The summed E-state index contributed by atoms with van der Waals surface area (Å²) < 4.78 is 16.5. The monoisotopic (exact) mass is 429 g/mol. The first-order valence-electron chi connectivity index (χ1n) is 10.3. The molecule has 0 fully saturated rings. The molecule has 168 valence electrons. The molecule has 2 rings (SSSR count). The van der Waals surface area contributed by atoms with Crippen molar-refractivity contribution < 1.29 is 28.9 Å². The van der Waals surface area contributed by atoms with Gasteiger partial charge in [0.05, 0.1) is 6.61 Å². The number of carboxylic acid groups (broad SMARTS) is 1. The molecule has 1 amide bonds.